The Morgan fingerprint density at radius 2 is 0.603 bits per heavy atom. The fourth-order valence-corrected chi connectivity index (χ4v) is 18.5. The van der Waals surface area contributed by atoms with Gasteiger partial charge in [-0.2, -0.15) is 0 Å². The van der Waals surface area contributed by atoms with Gasteiger partial charge in [0.2, 0.25) is 11.9 Å². The van der Waals surface area contributed by atoms with E-state index in [9.17, 15) is 0 Å². The van der Waals surface area contributed by atoms with Crippen molar-refractivity contribution in [2.75, 3.05) is 0 Å². The normalized spacial score (nSPS) is 12.5. The molecule has 0 saturated heterocycles. The van der Waals surface area contributed by atoms with E-state index in [1.54, 1.807) is 0 Å². The lowest BCUT2D eigenvalue weighted by Gasteiger charge is -2.22. The van der Waals surface area contributed by atoms with Gasteiger partial charge in [0, 0.05) is 99.7 Å². The van der Waals surface area contributed by atoms with E-state index >= 15 is 0 Å². The monoisotopic (exact) mass is 1480 g/mol. The van der Waals surface area contributed by atoms with Gasteiger partial charge in [-0.3, -0.25) is 9.13 Å². The topological polar surface area (TPSA) is 84.4 Å². The van der Waals surface area contributed by atoms with Crippen molar-refractivity contribution in [1.29, 1.82) is 0 Å². The summed E-state index contributed by atoms with van der Waals surface area (Å²) in [5, 5.41) is 11.9. The third kappa shape index (κ3) is 10.6. The standard InChI is InChI=1S/C55H38N4.C52H32N4O/c1-55(2)47-17-9-6-14-41(47)42-27-24-39(34-48(42)55)35-20-22-36(23-21-35)49-30-31-56-54(57-49)59-51-19-11-8-16-44(51)46-33-38(26-29-53(46)59)37-25-28-52-45(32-37)43-15-7-10-18-50(43)58(52)40-12-4-3-5-13-40;1-2-14-37(15-3-1)55-46-21-7-4-16-39(46)43-31-33(24-26-48(43)55)34-25-27-49-44(32-34)40-17-5-8-22-47(40)56(49)52-53-29-28-45(54-52)36-13-10-12-35(30-36)38-19-11-20-42-41-18-6-9-23-50(41)57-51(38)42/h3-34H,1-2H3;1-32H. The molecule has 1 aliphatic rings. The summed E-state index contributed by atoms with van der Waals surface area (Å²) in [5.41, 5.74) is 31.6. The Morgan fingerprint density at radius 1 is 0.233 bits per heavy atom. The number of hydrogen-bond acceptors (Lipinski definition) is 5. The van der Waals surface area contributed by atoms with Gasteiger partial charge in [0.25, 0.3) is 0 Å². The molecule has 0 amide bonds. The van der Waals surface area contributed by atoms with Gasteiger partial charge in [0.15, 0.2) is 0 Å². The Hall–Kier alpha value is -15.3. The minimum atomic E-state index is -0.0343. The predicted octanol–water partition coefficient (Wildman–Crippen LogP) is 27.5. The Bertz CT molecular complexity index is 7930. The van der Waals surface area contributed by atoms with Crippen LogP contribution in [0.3, 0.4) is 0 Å². The number of benzene rings is 16. The van der Waals surface area contributed by atoms with Crippen molar-refractivity contribution in [3.8, 4) is 101 Å². The van der Waals surface area contributed by atoms with Crippen LogP contribution in [0.2, 0.25) is 0 Å². The molecular formula is C107H70N8O. The average molecular weight is 1480 g/mol. The molecule has 24 rings (SSSR count). The zero-order valence-corrected chi connectivity index (χ0v) is 63.4. The van der Waals surface area contributed by atoms with E-state index in [-0.39, 0.29) is 5.41 Å². The quantitative estimate of drug-likeness (QED) is 0.136. The van der Waals surface area contributed by atoms with Crippen molar-refractivity contribution in [2.24, 2.45) is 0 Å². The number of furan rings is 1. The molecule has 23 aromatic rings. The van der Waals surface area contributed by atoms with E-state index in [2.05, 4.69) is 384 Å². The number of nitrogens with zero attached hydrogens (tertiary/aromatic N) is 8. The molecule has 9 heteroatoms. The lowest BCUT2D eigenvalue weighted by molar-refractivity contribution is 0.660. The van der Waals surface area contributed by atoms with Gasteiger partial charge in [-0.05, 0) is 189 Å². The summed E-state index contributed by atoms with van der Waals surface area (Å²) in [5.74, 6) is 1.28. The lowest BCUT2D eigenvalue weighted by Crippen LogP contribution is -2.14. The van der Waals surface area contributed by atoms with Crippen molar-refractivity contribution in [3.05, 3.63) is 400 Å². The highest BCUT2D eigenvalue weighted by molar-refractivity contribution is 6.16. The zero-order chi connectivity index (χ0) is 76.7. The third-order valence-corrected chi connectivity index (χ3v) is 24.0. The van der Waals surface area contributed by atoms with Gasteiger partial charge in [-0.25, -0.2) is 19.9 Å². The van der Waals surface area contributed by atoms with Crippen LogP contribution in [-0.4, -0.2) is 38.2 Å². The second-order valence-electron chi connectivity index (χ2n) is 30.9. The first-order valence-electron chi connectivity index (χ1n) is 39.6. The summed E-state index contributed by atoms with van der Waals surface area (Å²) in [6.45, 7) is 4.67. The lowest BCUT2D eigenvalue weighted by atomic mass is 9.81. The molecule has 7 heterocycles. The van der Waals surface area contributed by atoms with Crippen molar-refractivity contribution in [3.63, 3.8) is 0 Å². The van der Waals surface area contributed by atoms with Crippen LogP contribution in [0.15, 0.2) is 393 Å². The maximum atomic E-state index is 6.39. The van der Waals surface area contributed by atoms with Crippen LogP contribution in [0.25, 0.3) is 211 Å². The second-order valence-corrected chi connectivity index (χ2v) is 30.9. The average Bonchev–Trinajstić information content (AvgIpc) is 1.58. The third-order valence-electron chi connectivity index (χ3n) is 24.0. The Kier molecular flexibility index (Phi) is 15.1. The van der Waals surface area contributed by atoms with Crippen molar-refractivity contribution >= 4 is 109 Å². The molecule has 0 aliphatic heterocycles. The molecule has 0 spiro atoms. The number of rotatable bonds is 10. The summed E-state index contributed by atoms with van der Waals surface area (Å²) in [7, 11) is 0. The first kappa shape index (κ1) is 66.5. The number of hydrogen-bond donors (Lipinski definition) is 0. The molecule has 16 aromatic carbocycles. The van der Waals surface area contributed by atoms with Gasteiger partial charge in [0.1, 0.15) is 11.2 Å². The van der Waals surface area contributed by atoms with E-state index in [1.165, 1.54) is 104 Å². The molecule has 0 bridgehead atoms. The summed E-state index contributed by atoms with van der Waals surface area (Å²) >= 11 is 0. The zero-order valence-electron chi connectivity index (χ0n) is 63.4. The van der Waals surface area contributed by atoms with E-state index in [1.807, 2.05) is 36.7 Å². The van der Waals surface area contributed by atoms with Gasteiger partial charge in [-0.1, -0.05) is 263 Å². The molecule has 116 heavy (non-hydrogen) atoms. The number of fused-ring (bicyclic) bond motifs is 18. The van der Waals surface area contributed by atoms with E-state index in [4.69, 9.17) is 24.4 Å². The Morgan fingerprint density at radius 3 is 1.14 bits per heavy atom. The Labute approximate surface area is 667 Å². The van der Waals surface area contributed by atoms with Gasteiger partial charge < -0.3 is 13.6 Å². The molecule has 9 nitrogen and oxygen atoms in total. The molecule has 0 unspecified atom stereocenters. The fourth-order valence-electron chi connectivity index (χ4n) is 18.5. The first-order chi connectivity index (χ1) is 57.3. The summed E-state index contributed by atoms with van der Waals surface area (Å²) in [6.07, 6.45) is 3.74. The maximum Gasteiger partial charge on any atom is 0.235 e. The van der Waals surface area contributed by atoms with Crippen LogP contribution in [0.5, 0.6) is 0 Å². The molecule has 7 aromatic heterocycles. The fraction of sp³-hybridized carbons (Fsp3) is 0.0280. The first-order valence-corrected chi connectivity index (χ1v) is 39.6. The van der Waals surface area contributed by atoms with E-state index in [0.717, 1.165) is 105 Å². The number of aromatic nitrogens is 8. The summed E-state index contributed by atoms with van der Waals surface area (Å²) in [6, 6.07) is 135. The minimum Gasteiger partial charge on any atom is -0.455 e. The minimum absolute atomic E-state index is 0.0343. The highest BCUT2D eigenvalue weighted by Crippen LogP contribution is 2.50. The van der Waals surface area contributed by atoms with Gasteiger partial charge in [0.05, 0.1) is 55.5 Å². The highest BCUT2D eigenvalue weighted by atomic mass is 16.3. The predicted molar refractivity (Wildman–Crippen MR) is 479 cm³/mol. The van der Waals surface area contributed by atoms with Crippen LogP contribution >= 0.6 is 0 Å². The van der Waals surface area contributed by atoms with Crippen LogP contribution in [-0.2, 0) is 5.41 Å². The van der Waals surface area contributed by atoms with Crippen LogP contribution in [0.1, 0.15) is 25.0 Å². The molecule has 1 aliphatic carbocycles. The molecule has 0 saturated carbocycles. The summed E-state index contributed by atoms with van der Waals surface area (Å²) in [4.78, 5) is 20.1. The number of para-hydroxylation sites is 8. The molecule has 0 N–H and O–H groups in total. The maximum absolute atomic E-state index is 6.39. The SMILES string of the molecule is CC1(C)c2ccccc2-c2ccc(-c3ccc(-c4ccnc(-n5c6ccccc6c6cc(-c7ccc8c(c7)c7ccccc7n8-c7ccccc7)ccc65)n4)cc3)cc21.c1ccc(-n2c3ccccc3c3cc(-c4ccc5c(c4)c4ccccc4n5-c4nccc(-c5cccc(-c6cccc7c6oc6ccccc67)c5)n4)ccc32)cc1. The van der Waals surface area contributed by atoms with Gasteiger partial charge in [-0.15, -0.1) is 0 Å². The van der Waals surface area contributed by atoms with Crippen molar-refractivity contribution in [2.45, 2.75) is 19.3 Å². The van der Waals surface area contributed by atoms with Crippen molar-refractivity contribution in [1.82, 2.24) is 38.2 Å². The Balaban J connectivity index is 0.000000137. The van der Waals surface area contributed by atoms with Crippen LogP contribution in [0, 0.1) is 0 Å². The van der Waals surface area contributed by atoms with Gasteiger partial charge >= 0.3 is 0 Å². The molecular weight excluding hydrogens is 1410 g/mol. The smallest absolute Gasteiger partial charge is 0.235 e. The molecule has 544 valence electrons. The molecule has 0 atom stereocenters. The van der Waals surface area contributed by atoms with Crippen molar-refractivity contribution < 1.29 is 4.42 Å². The van der Waals surface area contributed by atoms with Crippen LogP contribution in [0.4, 0.5) is 0 Å². The largest absolute Gasteiger partial charge is 0.455 e. The highest BCUT2D eigenvalue weighted by Gasteiger charge is 2.35. The van der Waals surface area contributed by atoms with E-state index < -0.39 is 0 Å². The molecule has 0 radical (unpaired) electrons. The second kappa shape index (κ2) is 26.4. The molecule has 0 fully saturated rings. The van der Waals surface area contributed by atoms with Crippen LogP contribution < -0.4 is 0 Å². The summed E-state index contributed by atoms with van der Waals surface area (Å²) < 4.78 is 15.5. The van der Waals surface area contributed by atoms with E-state index in [0.29, 0.717) is 11.9 Å².